The number of hydrogen-bond acceptors (Lipinski definition) is 4. The standard InChI is InChI=1S/C19H23ClN2O4/c1-24-15-7-9-16(10-8-15)25-14-12-22-19(23)21-11-4-13-26-18-6-3-2-5-17(18)20/h2-3,5-10H,4,11-14H2,1H3,(H2,21,22,23). The molecule has 0 unspecified atom stereocenters. The number of para-hydroxylation sites is 1. The molecule has 26 heavy (non-hydrogen) atoms. The highest BCUT2D eigenvalue weighted by molar-refractivity contribution is 6.32. The molecular formula is C19H23ClN2O4. The average Bonchev–Trinajstić information content (AvgIpc) is 2.67. The lowest BCUT2D eigenvalue weighted by Crippen LogP contribution is -2.38. The van der Waals surface area contributed by atoms with E-state index < -0.39 is 0 Å². The quantitative estimate of drug-likeness (QED) is 0.621. The topological polar surface area (TPSA) is 68.8 Å². The normalized spacial score (nSPS) is 10.1. The van der Waals surface area contributed by atoms with Crippen LogP contribution in [0, 0.1) is 0 Å². The third-order valence-corrected chi connectivity index (χ3v) is 3.73. The van der Waals surface area contributed by atoms with Crippen LogP contribution < -0.4 is 24.8 Å². The highest BCUT2D eigenvalue weighted by Gasteiger charge is 2.01. The molecule has 0 bridgehead atoms. The lowest BCUT2D eigenvalue weighted by Gasteiger charge is -2.10. The zero-order valence-corrected chi connectivity index (χ0v) is 15.4. The van der Waals surface area contributed by atoms with Gasteiger partial charge in [0.1, 0.15) is 23.9 Å². The number of halogens is 1. The van der Waals surface area contributed by atoms with Gasteiger partial charge in [0.05, 0.1) is 25.3 Å². The number of hydrogen-bond donors (Lipinski definition) is 2. The molecule has 0 atom stereocenters. The number of carbonyl (C=O) groups excluding carboxylic acids is 1. The van der Waals surface area contributed by atoms with Gasteiger partial charge in [-0.15, -0.1) is 0 Å². The van der Waals surface area contributed by atoms with E-state index in [9.17, 15) is 4.79 Å². The molecule has 0 aliphatic rings. The van der Waals surface area contributed by atoms with E-state index in [-0.39, 0.29) is 6.03 Å². The number of methoxy groups -OCH3 is 1. The monoisotopic (exact) mass is 378 g/mol. The van der Waals surface area contributed by atoms with Crippen molar-refractivity contribution in [3.05, 3.63) is 53.6 Å². The summed E-state index contributed by atoms with van der Waals surface area (Å²) in [6.45, 7) is 1.78. The van der Waals surface area contributed by atoms with Crippen LogP contribution in [0.1, 0.15) is 6.42 Å². The third kappa shape index (κ3) is 7.11. The van der Waals surface area contributed by atoms with Gasteiger partial charge in [-0.2, -0.15) is 0 Å². The predicted molar refractivity (Wildman–Crippen MR) is 101 cm³/mol. The lowest BCUT2D eigenvalue weighted by atomic mass is 10.3. The first-order valence-corrected chi connectivity index (χ1v) is 8.72. The van der Waals surface area contributed by atoms with E-state index in [1.165, 1.54) is 0 Å². The Hall–Kier alpha value is -2.60. The van der Waals surface area contributed by atoms with Gasteiger partial charge in [-0.1, -0.05) is 23.7 Å². The van der Waals surface area contributed by atoms with Crippen molar-refractivity contribution in [2.75, 3.05) is 33.4 Å². The highest BCUT2D eigenvalue weighted by atomic mass is 35.5. The summed E-state index contributed by atoms with van der Waals surface area (Å²) >= 11 is 6.00. The van der Waals surface area contributed by atoms with Gasteiger partial charge in [0.25, 0.3) is 0 Å². The van der Waals surface area contributed by atoms with Crippen LogP contribution in [0.3, 0.4) is 0 Å². The maximum absolute atomic E-state index is 11.7. The molecule has 2 aromatic carbocycles. The Bertz CT molecular complexity index is 679. The van der Waals surface area contributed by atoms with Crippen LogP contribution in [0.2, 0.25) is 5.02 Å². The minimum atomic E-state index is -0.235. The second-order valence-electron chi connectivity index (χ2n) is 5.34. The van der Waals surface area contributed by atoms with Crippen LogP contribution in [0.25, 0.3) is 0 Å². The zero-order chi connectivity index (χ0) is 18.6. The molecule has 0 heterocycles. The smallest absolute Gasteiger partial charge is 0.314 e. The third-order valence-electron chi connectivity index (χ3n) is 3.42. The molecule has 6 nitrogen and oxygen atoms in total. The van der Waals surface area contributed by atoms with Gasteiger partial charge in [0, 0.05) is 6.54 Å². The van der Waals surface area contributed by atoms with Gasteiger partial charge in [0.2, 0.25) is 0 Å². The summed E-state index contributed by atoms with van der Waals surface area (Å²) in [5.74, 6) is 2.15. The summed E-state index contributed by atoms with van der Waals surface area (Å²) in [6, 6.07) is 14.3. The van der Waals surface area contributed by atoms with E-state index in [2.05, 4.69) is 10.6 Å². The van der Waals surface area contributed by atoms with Crippen molar-refractivity contribution in [1.82, 2.24) is 10.6 Å². The molecule has 0 spiro atoms. The summed E-state index contributed by atoms with van der Waals surface area (Å²) in [5.41, 5.74) is 0. The first kappa shape index (κ1) is 19.7. The Morgan fingerprint density at radius 2 is 1.62 bits per heavy atom. The summed E-state index contributed by atoms with van der Waals surface area (Å²) in [6.07, 6.45) is 0.682. The Kier molecular flexibility index (Phi) is 8.42. The average molecular weight is 379 g/mol. The summed E-state index contributed by atoms with van der Waals surface area (Å²) in [4.78, 5) is 11.7. The maximum atomic E-state index is 11.7. The van der Waals surface area contributed by atoms with Crippen LogP contribution in [-0.4, -0.2) is 39.4 Å². The van der Waals surface area contributed by atoms with Gasteiger partial charge >= 0.3 is 6.03 Å². The molecule has 0 aliphatic carbocycles. The number of rotatable bonds is 10. The molecular weight excluding hydrogens is 356 g/mol. The largest absolute Gasteiger partial charge is 0.497 e. The van der Waals surface area contributed by atoms with E-state index in [1.807, 2.05) is 42.5 Å². The van der Waals surface area contributed by atoms with E-state index in [0.717, 1.165) is 11.5 Å². The number of nitrogens with one attached hydrogen (secondary N) is 2. The van der Waals surface area contributed by atoms with Crippen LogP contribution in [-0.2, 0) is 0 Å². The van der Waals surface area contributed by atoms with Crippen LogP contribution in [0.15, 0.2) is 48.5 Å². The molecule has 2 rings (SSSR count). The number of amides is 2. The van der Waals surface area contributed by atoms with E-state index >= 15 is 0 Å². The molecule has 0 aliphatic heterocycles. The molecule has 2 N–H and O–H groups in total. The van der Waals surface area contributed by atoms with Crippen molar-refractivity contribution in [1.29, 1.82) is 0 Å². The molecule has 7 heteroatoms. The lowest BCUT2D eigenvalue weighted by molar-refractivity contribution is 0.235. The van der Waals surface area contributed by atoms with Gasteiger partial charge in [-0.25, -0.2) is 4.79 Å². The number of ether oxygens (including phenoxy) is 3. The Morgan fingerprint density at radius 1 is 0.923 bits per heavy atom. The molecule has 0 fully saturated rings. The molecule has 0 saturated carbocycles. The van der Waals surface area contributed by atoms with Gasteiger partial charge in [-0.3, -0.25) is 0 Å². The highest BCUT2D eigenvalue weighted by Crippen LogP contribution is 2.23. The number of urea groups is 1. The second-order valence-corrected chi connectivity index (χ2v) is 5.75. The SMILES string of the molecule is COc1ccc(OCCNC(=O)NCCCOc2ccccc2Cl)cc1. The molecule has 2 aromatic rings. The second kappa shape index (κ2) is 11.1. The molecule has 0 saturated heterocycles. The molecule has 140 valence electrons. The summed E-state index contributed by atoms with van der Waals surface area (Å²) in [5, 5.41) is 6.07. The summed E-state index contributed by atoms with van der Waals surface area (Å²) in [7, 11) is 1.61. The minimum absolute atomic E-state index is 0.235. The Balaban J connectivity index is 1.50. The van der Waals surface area contributed by atoms with Crippen molar-refractivity contribution in [3.8, 4) is 17.2 Å². The van der Waals surface area contributed by atoms with Gasteiger partial charge < -0.3 is 24.8 Å². The minimum Gasteiger partial charge on any atom is -0.497 e. The first-order chi connectivity index (χ1) is 12.7. The Morgan fingerprint density at radius 3 is 2.35 bits per heavy atom. The van der Waals surface area contributed by atoms with E-state index in [0.29, 0.717) is 43.5 Å². The molecule has 0 radical (unpaired) electrons. The molecule has 2 amide bonds. The zero-order valence-electron chi connectivity index (χ0n) is 14.7. The Labute approximate surface area is 158 Å². The van der Waals surface area contributed by atoms with Gasteiger partial charge in [-0.05, 0) is 42.8 Å². The van der Waals surface area contributed by atoms with Crippen molar-refractivity contribution in [3.63, 3.8) is 0 Å². The fraction of sp³-hybridized carbons (Fsp3) is 0.316. The summed E-state index contributed by atoms with van der Waals surface area (Å²) < 4.78 is 16.2. The van der Waals surface area contributed by atoms with Crippen molar-refractivity contribution < 1.29 is 19.0 Å². The fourth-order valence-corrected chi connectivity index (χ4v) is 2.28. The van der Waals surface area contributed by atoms with Crippen LogP contribution in [0.4, 0.5) is 4.79 Å². The van der Waals surface area contributed by atoms with E-state index in [1.54, 1.807) is 13.2 Å². The fourth-order valence-electron chi connectivity index (χ4n) is 2.09. The maximum Gasteiger partial charge on any atom is 0.314 e. The van der Waals surface area contributed by atoms with E-state index in [4.69, 9.17) is 25.8 Å². The predicted octanol–water partition coefficient (Wildman–Crippen LogP) is 3.50. The van der Waals surface area contributed by atoms with Gasteiger partial charge in [0.15, 0.2) is 0 Å². The molecule has 0 aromatic heterocycles. The number of benzene rings is 2. The van der Waals surface area contributed by atoms with Crippen LogP contribution >= 0.6 is 11.6 Å². The number of carbonyl (C=O) groups is 1. The van der Waals surface area contributed by atoms with Crippen molar-refractivity contribution >= 4 is 17.6 Å². The van der Waals surface area contributed by atoms with Crippen molar-refractivity contribution in [2.45, 2.75) is 6.42 Å². The first-order valence-electron chi connectivity index (χ1n) is 8.35. The van der Waals surface area contributed by atoms with Crippen molar-refractivity contribution in [2.24, 2.45) is 0 Å². The van der Waals surface area contributed by atoms with Crippen LogP contribution in [0.5, 0.6) is 17.2 Å².